The summed E-state index contributed by atoms with van der Waals surface area (Å²) in [6.45, 7) is 1.82. The first-order valence-corrected chi connectivity index (χ1v) is 7.34. The predicted octanol–water partition coefficient (Wildman–Crippen LogP) is 3.34. The van der Waals surface area contributed by atoms with Gasteiger partial charge in [-0.05, 0) is 25.1 Å². The highest BCUT2D eigenvalue weighted by Crippen LogP contribution is 2.29. The Balaban J connectivity index is 1.94. The predicted molar refractivity (Wildman–Crippen MR) is 89.0 cm³/mol. The van der Waals surface area contributed by atoms with Crippen molar-refractivity contribution in [2.45, 2.75) is 6.92 Å². The van der Waals surface area contributed by atoms with E-state index >= 15 is 0 Å². The molecule has 0 radical (unpaired) electrons. The molecule has 1 aromatic heterocycles. The van der Waals surface area contributed by atoms with Crippen LogP contribution in [0.25, 0.3) is 22.2 Å². The smallest absolute Gasteiger partial charge is 0.397 e. The second kappa shape index (κ2) is 6.36. The van der Waals surface area contributed by atoms with Gasteiger partial charge in [-0.3, -0.25) is 4.79 Å². The number of nitrogens with one attached hydrogen (secondary N) is 2. The van der Waals surface area contributed by atoms with Gasteiger partial charge in [-0.25, -0.2) is 4.79 Å². The van der Waals surface area contributed by atoms with Crippen molar-refractivity contribution in [3.05, 3.63) is 54.6 Å². The van der Waals surface area contributed by atoms with E-state index in [0.717, 1.165) is 22.2 Å². The molecule has 0 aliphatic carbocycles. The summed E-state index contributed by atoms with van der Waals surface area (Å²) in [5.74, 6) is -1.67. The number of para-hydroxylation sites is 2. The first kappa shape index (κ1) is 14.8. The molecule has 116 valence electrons. The topological polar surface area (TPSA) is 71.2 Å². The standard InChI is InChI=1S/C18H16N2O3/c1-2-23-18(22)17(21)20-15-10-6-4-8-13(15)16-11-12-7-3-5-9-14(12)19-16/h3-11,19H,2H2,1H3,(H,20,21). The summed E-state index contributed by atoms with van der Waals surface area (Å²) in [7, 11) is 0. The third kappa shape index (κ3) is 3.08. The van der Waals surface area contributed by atoms with Crippen molar-refractivity contribution in [1.29, 1.82) is 0 Å². The first-order chi connectivity index (χ1) is 11.2. The lowest BCUT2D eigenvalue weighted by molar-refractivity contribution is -0.152. The maximum absolute atomic E-state index is 11.9. The van der Waals surface area contributed by atoms with Crippen LogP contribution in [-0.4, -0.2) is 23.5 Å². The molecule has 0 aliphatic rings. The number of hydrogen-bond acceptors (Lipinski definition) is 3. The fraction of sp³-hybridized carbons (Fsp3) is 0.111. The zero-order valence-electron chi connectivity index (χ0n) is 12.6. The van der Waals surface area contributed by atoms with Gasteiger partial charge in [0.15, 0.2) is 0 Å². The number of aromatic nitrogens is 1. The number of carbonyl (C=O) groups excluding carboxylic acids is 2. The van der Waals surface area contributed by atoms with E-state index < -0.39 is 11.9 Å². The Morgan fingerprint density at radius 2 is 1.83 bits per heavy atom. The Hall–Kier alpha value is -3.08. The first-order valence-electron chi connectivity index (χ1n) is 7.34. The van der Waals surface area contributed by atoms with Gasteiger partial charge in [0.2, 0.25) is 0 Å². The highest BCUT2D eigenvalue weighted by molar-refractivity contribution is 6.37. The van der Waals surface area contributed by atoms with Crippen molar-refractivity contribution in [2.24, 2.45) is 0 Å². The molecule has 0 atom stereocenters. The second-order valence-electron chi connectivity index (χ2n) is 4.99. The number of esters is 1. The lowest BCUT2D eigenvalue weighted by atomic mass is 10.1. The molecule has 5 heteroatoms. The van der Waals surface area contributed by atoms with Crippen LogP contribution in [0.5, 0.6) is 0 Å². The highest BCUT2D eigenvalue weighted by Gasteiger charge is 2.17. The summed E-state index contributed by atoms with van der Waals surface area (Å²) in [6.07, 6.45) is 0. The minimum Gasteiger partial charge on any atom is -0.459 e. The van der Waals surface area contributed by atoms with E-state index in [9.17, 15) is 9.59 Å². The maximum atomic E-state index is 11.9. The number of aromatic amines is 1. The number of rotatable bonds is 3. The zero-order valence-corrected chi connectivity index (χ0v) is 12.6. The van der Waals surface area contributed by atoms with Crippen LogP contribution in [-0.2, 0) is 14.3 Å². The van der Waals surface area contributed by atoms with Crippen molar-refractivity contribution in [3.63, 3.8) is 0 Å². The van der Waals surface area contributed by atoms with Crippen LogP contribution in [0.1, 0.15) is 6.92 Å². The summed E-state index contributed by atoms with van der Waals surface area (Å²) in [4.78, 5) is 26.7. The van der Waals surface area contributed by atoms with E-state index in [1.54, 1.807) is 19.1 Å². The second-order valence-corrected chi connectivity index (χ2v) is 4.99. The monoisotopic (exact) mass is 308 g/mol. The average molecular weight is 308 g/mol. The summed E-state index contributed by atoms with van der Waals surface area (Å²) in [5, 5.41) is 3.68. The number of H-pyrrole nitrogens is 1. The van der Waals surface area contributed by atoms with Gasteiger partial charge in [0.1, 0.15) is 0 Å². The molecule has 0 spiro atoms. The van der Waals surface area contributed by atoms with Gasteiger partial charge >= 0.3 is 11.9 Å². The van der Waals surface area contributed by atoms with Crippen LogP contribution in [0, 0.1) is 0 Å². The normalized spacial score (nSPS) is 10.5. The van der Waals surface area contributed by atoms with Crippen LogP contribution in [0.15, 0.2) is 54.6 Å². The lowest BCUT2D eigenvalue weighted by Gasteiger charge is -2.09. The zero-order chi connectivity index (χ0) is 16.2. The van der Waals surface area contributed by atoms with Crippen LogP contribution < -0.4 is 5.32 Å². The van der Waals surface area contributed by atoms with Crippen molar-refractivity contribution in [3.8, 4) is 11.3 Å². The van der Waals surface area contributed by atoms with Gasteiger partial charge in [0.25, 0.3) is 0 Å². The SMILES string of the molecule is CCOC(=O)C(=O)Nc1ccccc1-c1cc2ccccc2[nH]1. The number of anilines is 1. The molecule has 0 aliphatic heterocycles. The van der Waals surface area contributed by atoms with E-state index in [-0.39, 0.29) is 6.61 Å². The maximum Gasteiger partial charge on any atom is 0.397 e. The number of hydrogen-bond donors (Lipinski definition) is 2. The van der Waals surface area contributed by atoms with Gasteiger partial charge in [0.05, 0.1) is 12.3 Å². The molecule has 2 aromatic carbocycles. The number of fused-ring (bicyclic) bond motifs is 1. The molecule has 2 N–H and O–H groups in total. The van der Waals surface area contributed by atoms with E-state index in [1.807, 2.05) is 42.5 Å². The summed E-state index contributed by atoms with van der Waals surface area (Å²) in [6, 6.07) is 17.2. The summed E-state index contributed by atoms with van der Waals surface area (Å²) < 4.78 is 4.71. The molecule has 3 aromatic rings. The van der Waals surface area contributed by atoms with Crippen molar-refractivity contribution in [2.75, 3.05) is 11.9 Å². The lowest BCUT2D eigenvalue weighted by Crippen LogP contribution is -2.25. The van der Waals surface area contributed by atoms with Crippen molar-refractivity contribution < 1.29 is 14.3 Å². The molecule has 0 saturated carbocycles. The minimum atomic E-state index is -0.890. The molecule has 0 bridgehead atoms. The van der Waals surface area contributed by atoms with E-state index in [1.165, 1.54) is 0 Å². The molecule has 1 heterocycles. The number of carbonyl (C=O) groups is 2. The Bertz CT molecular complexity index is 834. The van der Waals surface area contributed by atoms with Crippen molar-refractivity contribution >= 4 is 28.5 Å². The largest absolute Gasteiger partial charge is 0.459 e. The number of ether oxygens (including phenoxy) is 1. The van der Waals surface area contributed by atoms with E-state index in [0.29, 0.717) is 5.69 Å². The third-order valence-electron chi connectivity index (χ3n) is 3.46. The van der Waals surface area contributed by atoms with Crippen LogP contribution >= 0.6 is 0 Å². The quantitative estimate of drug-likeness (QED) is 0.576. The Kier molecular flexibility index (Phi) is 4.10. The van der Waals surface area contributed by atoms with Gasteiger partial charge < -0.3 is 15.0 Å². The van der Waals surface area contributed by atoms with Gasteiger partial charge in [0, 0.05) is 22.2 Å². The van der Waals surface area contributed by atoms with E-state index in [4.69, 9.17) is 4.74 Å². The fourth-order valence-electron chi connectivity index (χ4n) is 2.42. The minimum absolute atomic E-state index is 0.163. The molecular formula is C18H16N2O3. The van der Waals surface area contributed by atoms with Gasteiger partial charge in [-0.1, -0.05) is 36.4 Å². The molecule has 0 saturated heterocycles. The molecule has 0 unspecified atom stereocenters. The Morgan fingerprint density at radius 1 is 1.09 bits per heavy atom. The van der Waals surface area contributed by atoms with Crippen LogP contribution in [0.3, 0.4) is 0 Å². The van der Waals surface area contributed by atoms with E-state index in [2.05, 4.69) is 10.3 Å². The fourth-order valence-corrected chi connectivity index (χ4v) is 2.42. The molecule has 23 heavy (non-hydrogen) atoms. The Labute approximate surface area is 133 Å². The molecule has 3 rings (SSSR count). The van der Waals surface area contributed by atoms with Crippen LogP contribution in [0.4, 0.5) is 5.69 Å². The molecular weight excluding hydrogens is 292 g/mol. The van der Waals surface area contributed by atoms with Gasteiger partial charge in [-0.15, -0.1) is 0 Å². The number of amides is 1. The van der Waals surface area contributed by atoms with Crippen molar-refractivity contribution in [1.82, 2.24) is 4.98 Å². The molecule has 0 fully saturated rings. The van der Waals surface area contributed by atoms with Crippen LogP contribution in [0.2, 0.25) is 0 Å². The molecule has 5 nitrogen and oxygen atoms in total. The Morgan fingerprint density at radius 3 is 2.61 bits per heavy atom. The third-order valence-corrected chi connectivity index (χ3v) is 3.46. The summed E-state index contributed by atoms with van der Waals surface area (Å²) >= 11 is 0. The average Bonchev–Trinajstić information content (AvgIpc) is 2.99. The molecule has 1 amide bonds. The van der Waals surface area contributed by atoms with Gasteiger partial charge in [-0.2, -0.15) is 0 Å². The number of benzene rings is 2. The summed E-state index contributed by atoms with van der Waals surface area (Å²) in [5.41, 5.74) is 3.23. The highest BCUT2D eigenvalue weighted by atomic mass is 16.5.